The largest absolute Gasteiger partial charge is 0.317 e. The SMILES string of the molecule is CS(=O)(=O)NCC1CCCNCC1. The number of hydrogen-bond donors (Lipinski definition) is 2. The number of sulfonamides is 1. The minimum Gasteiger partial charge on any atom is -0.317 e. The van der Waals surface area contributed by atoms with Gasteiger partial charge in [0.2, 0.25) is 10.0 Å². The van der Waals surface area contributed by atoms with Crippen LogP contribution in [0.4, 0.5) is 0 Å². The molecule has 0 saturated carbocycles. The van der Waals surface area contributed by atoms with Crippen LogP contribution < -0.4 is 10.0 Å². The molecular formula is C8H18N2O2S. The van der Waals surface area contributed by atoms with Crippen LogP contribution in [0.3, 0.4) is 0 Å². The Morgan fingerprint density at radius 3 is 2.85 bits per heavy atom. The van der Waals surface area contributed by atoms with Gasteiger partial charge in [-0.2, -0.15) is 0 Å². The Bertz CT molecular complexity index is 231. The second-order valence-corrected chi connectivity index (χ2v) is 5.50. The molecule has 2 N–H and O–H groups in total. The minimum absolute atomic E-state index is 0.504. The molecule has 5 heteroatoms. The Labute approximate surface area is 80.1 Å². The van der Waals surface area contributed by atoms with E-state index in [1.165, 1.54) is 6.26 Å². The summed E-state index contributed by atoms with van der Waals surface area (Å²) < 4.78 is 24.2. The predicted octanol–water partition coefficient (Wildman–Crippen LogP) is -0.0747. The second-order valence-electron chi connectivity index (χ2n) is 3.67. The van der Waals surface area contributed by atoms with Gasteiger partial charge in [0, 0.05) is 6.54 Å². The van der Waals surface area contributed by atoms with Crippen molar-refractivity contribution in [2.45, 2.75) is 19.3 Å². The molecule has 1 unspecified atom stereocenters. The maximum Gasteiger partial charge on any atom is 0.208 e. The van der Waals surface area contributed by atoms with E-state index < -0.39 is 10.0 Å². The molecule has 0 spiro atoms. The third-order valence-corrected chi connectivity index (χ3v) is 3.02. The molecule has 0 aromatic heterocycles. The Hall–Kier alpha value is -0.130. The normalized spacial score (nSPS) is 25.5. The molecule has 1 aliphatic rings. The van der Waals surface area contributed by atoms with Crippen LogP contribution in [0.1, 0.15) is 19.3 Å². The van der Waals surface area contributed by atoms with Crippen molar-refractivity contribution >= 4 is 10.0 Å². The van der Waals surface area contributed by atoms with Gasteiger partial charge in [-0.15, -0.1) is 0 Å². The van der Waals surface area contributed by atoms with Crippen LogP contribution >= 0.6 is 0 Å². The molecule has 78 valence electrons. The second kappa shape index (κ2) is 4.93. The van der Waals surface area contributed by atoms with E-state index in [-0.39, 0.29) is 0 Å². The highest BCUT2D eigenvalue weighted by molar-refractivity contribution is 7.88. The fourth-order valence-corrected chi connectivity index (χ4v) is 2.10. The van der Waals surface area contributed by atoms with Gasteiger partial charge < -0.3 is 5.32 Å². The van der Waals surface area contributed by atoms with E-state index in [0.717, 1.165) is 32.4 Å². The van der Waals surface area contributed by atoms with Crippen LogP contribution in [0.25, 0.3) is 0 Å². The van der Waals surface area contributed by atoms with E-state index >= 15 is 0 Å². The zero-order valence-corrected chi connectivity index (χ0v) is 8.86. The van der Waals surface area contributed by atoms with Gasteiger partial charge >= 0.3 is 0 Å². The molecule has 1 fully saturated rings. The summed E-state index contributed by atoms with van der Waals surface area (Å²) in [4.78, 5) is 0. The van der Waals surface area contributed by atoms with Crippen molar-refractivity contribution in [3.63, 3.8) is 0 Å². The summed E-state index contributed by atoms with van der Waals surface area (Å²) in [5.41, 5.74) is 0. The Morgan fingerprint density at radius 1 is 1.38 bits per heavy atom. The van der Waals surface area contributed by atoms with Gasteiger partial charge in [-0.05, 0) is 38.3 Å². The van der Waals surface area contributed by atoms with Gasteiger partial charge in [0.15, 0.2) is 0 Å². The third kappa shape index (κ3) is 5.23. The van der Waals surface area contributed by atoms with Crippen LogP contribution in [-0.4, -0.2) is 34.3 Å². The summed E-state index contributed by atoms with van der Waals surface area (Å²) in [5, 5.41) is 3.30. The van der Waals surface area contributed by atoms with Crippen LogP contribution in [-0.2, 0) is 10.0 Å². The quantitative estimate of drug-likeness (QED) is 0.679. The highest BCUT2D eigenvalue weighted by Crippen LogP contribution is 2.12. The maximum atomic E-state index is 10.8. The van der Waals surface area contributed by atoms with E-state index in [2.05, 4.69) is 10.0 Å². The molecule has 13 heavy (non-hydrogen) atoms. The molecule has 1 aliphatic heterocycles. The lowest BCUT2D eigenvalue weighted by Gasteiger charge is -2.12. The first-order valence-electron chi connectivity index (χ1n) is 4.73. The molecule has 1 saturated heterocycles. The fraction of sp³-hybridized carbons (Fsp3) is 1.00. The third-order valence-electron chi connectivity index (χ3n) is 2.33. The van der Waals surface area contributed by atoms with Crippen molar-refractivity contribution in [2.75, 3.05) is 25.9 Å². The highest BCUT2D eigenvalue weighted by Gasteiger charge is 2.13. The first-order valence-corrected chi connectivity index (χ1v) is 6.62. The Kier molecular flexibility index (Phi) is 4.15. The van der Waals surface area contributed by atoms with Crippen molar-refractivity contribution in [1.29, 1.82) is 0 Å². The molecule has 0 aromatic rings. The Morgan fingerprint density at radius 2 is 2.15 bits per heavy atom. The summed E-state index contributed by atoms with van der Waals surface area (Å²) in [6.45, 7) is 2.67. The molecule has 1 atom stereocenters. The van der Waals surface area contributed by atoms with Gasteiger partial charge in [-0.1, -0.05) is 0 Å². The summed E-state index contributed by atoms with van der Waals surface area (Å²) in [6.07, 6.45) is 4.55. The van der Waals surface area contributed by atoms with E-state index in [0.29, 0.717) is 12.5 Å². The first kappa shape index (κ1) is 10.9. The van der Waals surface area contributed by atoms with Crippen molar-refractivity contribution in [3.8, 4) is 0 Å². The number of rotatable bonds is 3. The molecular weight excluding hydrogens is 188 g/mol. The average Bonchev–Trinajstić information content (AvgIpc) is 2.26. The van der Waals surface area contributed by atoms with Gasteiger partial charge in [0.05, 0.1) is 6.26 Å². The summed E-state index contributed by atoms with van der Waals surface area (Å²) in [6, 6.07) is 0. The van der Waals surface area contributed by atoms with Crippen LogP contribution in [0, 0.1) is 5.92 Å². The maximum absolute atomic E-state index is 10.8. The highest BCUT2D eigenvalue weighted by atomic mass is 32.2. The lowest BCUT2D eigenvalue weighted by Crippen LogP contribution is -2.28. The van der Waals surface area contributed by atoms with Gasteiger partial charge in [-0.25, -0.2) is 13.1 Å². The topological polar surface area (TPSA) is 58.2 Å². The standard InChI is InChI=1S/C8H18N2O2S/c1-13(11,12)10-7-8-3-2-5-9-6-4-8/h8-10H,2-7H2,1H3. The first-order chi connectivity index (χ1) is 6.08. The van der Waals surface area contributed by atoms with Crippen LogP contribution in [0.15, 0.2) is 0 Å². The molecule has 0 amide bonds. The fourth-order valence-electron chi connectivity index (χ4n) is 1.56. The molecule has 4 nitrogen and oxygen atoms in total. The van der Waals surface area contributed by atoms with Gasteiger partial charge in [0.25, 0.3) is 0 Å². The van der Waals surface area contributed by atoms with Gasteiger partial charge in [-0.3, -0.25) is 0 Å². The average molecular weight is 206 g/mol. The minimum atomic E-state index is -3.01. The molecule has 1 heterocycles. The van der Waals surface area contributed by atoms with Crippen molar-refractivity contribution in [3.05, 3.63) is 0 Å². The van der Waals surface area contributed by atoms with Crippen LogP contribution in [0.2, 0.25) is 0 Å². The van der Waals surface area contributed by atoms with E-state index in [1.54, 1.807) is 0 Å². The molecule has 0 aliphatic carbocycles. The smallest absolute Gasteiger partial charge is 0.208 e. The summed E-state index contributed by atoms with van der Waals surface area (Å²) >= 11 is 0. The van der Waals surface area contributed by atoms with Gasteiger partial charge in [0.1, 0.15) is 0 Å². The van der Waals surface area contributed by atoms with Crippen molar-refractivity contribution < 1.29 is 8.42 Å². The lowest BCUT2D eigenvalue weighted by atomic mass is 10.0. The van der Waals surface area contributed by atoms with Crippen molar-refractivity contribution in [2.24, 2.45) is 5.92 Å². The number of nitrogens with one attached hydrogen (secondary N) is 2. The molecule has 1 rings (SSSR count). The van der Waals surface area contributed by atoms with Crippen LogP contribution in [0.5, 0.6) is 0 Å². The predicted molar refractivity (Wildman–Crippen MR) is 53.1 cm³/mol. The zero-order valence-electron chi connectivity index (χ0n) is 8.04. The summed E-state index contributed by atoms with van der Waals surface area (Å²) in [5.74, 6) is 0.504. The molecule has 0 bridgehead atoms. The monoisotopic (exact) mass is 206 g/mol. The Balaban J connectivity index is 2.27. The molecule has 0 aromatic carbocycles. The summed E-state index contributed by atoms with van der Waals surface area (Å²) in [7, 11) is -3.01. The number of hydrogen-bond acceptors (Lipinski definition) is 3. The molecule has 0 radical (unpaired) electrons. The zero-order chi connectivity index (χ0) is 9.73. The van der Waals surface area contributed by atoms with E-state index in [4.69, 9.17) is 0 Å². The van der Waals surface area contributed by atoms with E-state index in [1.807, 2.05) is 0 Å². The van der Waals surface area contributed by atoms with E-state index in [9.17, 15) is 8.42 Å². The van der Waals surface area contributed by atoms with Crippen molar-refractivity contribution in [1.82, 2.24) is 10.0 Å². The lowest BCUT2D eigenvalue weighted by molar-refractivity contribution is 0.462.